The van der Waals surface area contributed by atoms with Gasteiger partial charge in [-0.2, -0.15) is 0 Å². The van der Waals surface area contributed by atoms with Gasteiger partial charge in [-0.25, -0.2) is 4.98 Å². The van der Waals surface area contributed by atoms with E-state index in [2.05, 4.69) is 35.1 Å². The van der Waals surface area contributed by atoms with Gasteiger partial charge in [0.1, 0.15) is 15.6 Å². The molecule has 0 radical (unpaired) electrons. The zero-order chi connectivity index (χ0) is 19.9. The predicted octanol–water partition coefficient (Wildman–Crippen LogP) is 4.69. The van der Waals surface area contributed by atoms with E-state index in [1.807, 2.05) is 35.7 Å². The number of thiophene rings is 1. The fourth-order valence-corrected chi connectivity index (χ4v) is 4.78. The van der Waals surface area contributed by atoms with Crippen molar-refractivity contribution in [3.63, 3.8) is 0 Å². The number of methoxy groups -OCH3 is 1. The Bertz CT molecular complexity index is 889. The van der Waals surface area contributed by atoms with Crippen LogP contribution in [0.2, 0.25) is 0 Å². The number of hydrogen-bond acceptors (Lipinski definition) is 6. The van der Waals surface area contributed by atoms with Crippen molar-refractivity contribution >= 4 is 28.6 Å². The van der Waals surface area contributed by atoms with Gasteiger partial charge < -0.3 is 10.1 Å². The molecule has 3 aromatic rings. The maximum Gasteiger partial charge on any atom is 0.263 e. The third-order valence-electron chi connectivity index (χ3n) is 4.65. The van der Waals surface area contributed by atoms with Crippen molar-refractivity contribution < 1.29 is 9.53 Å². The summed E-state index contributed by atoms with van der Waals surface area (Å²) in [5.74, 6) is 0.740. The van der Waals surface area contributed by atoms with E-state index in [1.54, 1.807) is 24.6 Å². The van der Waals surface area contributed by atoms with Crippen LogP contribution in [0.3, 0.4) is 0 Å². The normalized spacial score (nSPS) is 12.1. The molecule has 1 N–H and O–H groups in total. The summed E-state index contributed by atoms with van der Waals surface area (Å²) in [5, 5.41) is 5.99. The van der Waals surface area contributed by atoms with Gasteiger partial charge in [0.25, 0.3) is 5.91 Å². The molecular formula is C21H25N3O2S2. The number of rotatable bonds is 9. The summed E-state index contributed by atoms with van der Waals surface area (Å²) >= 11 is 3.05. The standard InChI is InChI=1S/C21H25N3O2S2/c1-4-24(5-2)17(15-8-6-9-16(12-15)26-3)13-22-20(25)19-14-23-21(28-19)18-10-7-11-27-18/h6-12,14,17H,4-5,13H2,1-3H3,(H,22,25). The van der Waals surface area contributed by atoms with Gasteiger partial charge >= 0.3 is 0 Å². The first-order chi connectivity index (χ1) is 13.7. The molecule has 0 bridgehead atoms. The van der Waals surface area contributed by atoms with E-state index in [0.717, 1.165) is 34.3 Å². The van der Waals surface area contributed by atoms with E-state index in [1.165, 1.54) is 11.3 Å². The van der Waals surface area contributed by atoms with Gasteiger partial charge in [-0.15, -0.1) is 22.7 Å². The third kappa shape index (κ3) is 4.79. The van der Waals surface area contributed by atoms with E-state index in [4.69, 9.17) is 4.74 Å². The number of benzene rings is 1. The van der Waals surface area contributed by atoms with Crippen LogP contribution in [0.25, 0.3) is 9.88 Å². The summed E-state index contributed by atoms with van der Waals surface area (Å²) < 4.78 is 5.37. The van der Waals surface area contributed by atoms with Crippen LogP contribution < -0.4 is 10.1 Å². The maximum atomic E-state index is 12.7. The number of ether oxygens (including phenoxy) is 1. The van der Waals surface area contributed by atoms with Gasteiger partial charge in [-0.05, 0) is 42.2 Å². The molecule has 28 heavy (non-hydrogen) atoms. The minimum absolute atomic E-state index is 0.0822. The molecule has 0 aliphatic rings. The molecule has 0 saturated heterocycles. The number of nitrogens with zero attached hydrogens (tertiary/aromatic N) is 2. The molecule has 7 heteroatoms. The van der Waals surface area contributed by atoms with Crippen LogP contribution in [0, 0.1) is 0 Å². The van der Waals surface area contributed by atoms with Gasteiger partial charge in [0.05, 0.1) is 24.2 Å². The zero-order valence-corrected chi connectivity index (χ0v) is 18.0. The van der Waals surface area contributed by atoms with Crippen molar-refractivity contribution in [3.8, 4) is 15.6 Å². The second kappa shape index (κ2) is 9.82. The highest BCUT2D eigenvalue weighted by molar-refractivity contribution is 7.21. The lowest BCUT2D eigenvalue weighted by atomic mass is 10.0. The molecule has 148 valence electrons. The minimum atomic E-state index is -0.0830. The fraction of sp³-hybridized carbons (Fsp3) is 0.333. The SMILES string of the molecule is CCN(CC)C(CNC(=O)c1cnc(-c2cccs2)s1)c1cccc(OC)c1. The van der Waals surface area contributed by atoms with Gasteiger partial charge in [-0.3, -0.25) is 9.69 Å². The highest BCUT2D eigenvalue weighted by atomic mass is 32.1. The Labute approximate surface area is 174 Å². The average Bonchev–Trinajstić information content (AvgIpc) is 3.42. The van der Waals surface area contributed by atoms with Crippen molar-refractivity contribution in [3.05, 3.63) is 58.4 Å². The van der Waals surface area contributed by atoms with Crippen molar-refractivity contribution in [1.29, 1.82) is 0 Å². The topological polar surface area (TPSA) is 54.5 Å². The molecule has 2 heterocycles. The Kier molecular flexibility index (Phi) is 7.19. The summed E-state index contributed by atoms with van der Waals surface area (Å²) in [6, 6.07) is 12.1. The number of aromatic nitrogens is 1. The minimum Gasteiger partial charge on any atom is -0.497 e. The van der Waals surface area contributed by atoms with Gasteiger partial charge in [0.15, 0.2) is 0 Å². The second-order valence-corrected chi connectivity index (χ2v) is 8.21. The lowest BCUT2D eigenvalue weighted by Gasteiger charge is -2.30. The summed E-state index contributed by atoms with van der Waals surface area (Å²) in [6.45, 7) is 6.60. The van der Waals surface area contributed by atoms with Crippen LogP contribution in [-0.4, -0.2) is 42.5 Å². The zero-order valence-electron chi connectivity index (χ0n) is 16.3. The molecule has 1 unspecified atom stereocenters. The van der Waals surface area contributed by atoms with Gasteiger partial charge in [0.2, 0.25) is 0 Å². The number of carbonyl (C=O) groups excluding carboxylic acids is 1. The molecule has 1 aromatic carbocycles. The Hall–Kier alpha value is -2.22. The predicted molar refractivity (Wildman–Crippen MR) is 116 cm³/mol. The average molecular weight is 416 g/mol. The summed E-state index contributed by atoms with van der Waals surface area (Å²) in [5.41, 5.74) is 1.13. The first kappa shape index (κ1) is 20.5. The number of amides is 1. The van der Waals surface area contributed by atoms with Crippen molar-refractivity contribution in [2.75, 3.05) is 26.7 Å². The number of carbonyl (C=O) groups is 1. The lowest BCUT2D eigenvalue weighted by Crippen LogP contribution is -2.37. The van der Waals surface area contributed by atoms with E-state index >= 15 is 0 Å². The highest BCUT2D eigenvalue weighted by Crippen LogP contribution is 2.29. The molecule has 1 atom stereocenters. The van der Waals surface area contributed by atoms with Crippen LogP contribution in [0.1, 0.15) is 35.1 Å². The molecule has 0 spiro atoms. The molecule has 0 aliphatic heterocycles. The molecular weight excluding hydrogens is 390 g/mol. The Balaban J connectivity index is 1.73. The van der Waals surface area contributed by atoms with Crippen LogP contribution >= 0.6 is 22.7 Å². The number of thiazole rings is 1. The van der Waals surface area contributed by atoms with Crippen molar-refractivity contribution in [1.82, 2.24) is 15.2 Å². The van der Waals surface area contributed by atoms with E-state index in [-0.39, 0.29) is 11.9 Å². The molecule has 3 rings (SSSR count). The molecule has 5 nitrogen and oxygen atoms in total. The maximum absolute atomic E-state index is 12.7. The van der Waals surface area contributed by atoms with Crippen LogP contribution in [0.5, 0.6) is 5.75 Å². The Morgan fingerprint density at radius 1 is 1.25 bits per heavy atom. The van der Waals surface area contributed by atoms with E-state index in [0.29, 0.717) is 11.4 Å². The van der Waals surface area contributed by atoms with Crippen LogP contribution in [0.15, 0.2) is 48.0 Å². The second-order valence-electron chi connectivity index (χ2n) is 6.23. The first-order valence-corrected chi connectivity index (χ1v) is 11.0. The fourth-order valence-electron chi connectivity index (χ4n) is 3.14. The smallest absolute Gasteiger partial charge is 0.263 e. The summed E-state index contributed by atoms with van der Waals surface area (Å²) in [7, 11) is 1.67. The monoisotopic (exact) mass is 415 g/mol. The van der Waals surface area contributed by atoms with Crippen molar-refractivity contribution in [2.45, 2.75) is 19.9 Å². The van der Waals surface area contributed by atoms with Crippen LogP contribution in [0.4, 0.5) is 0 Å². The molecule has 1 amide bonds. The van der Waals surface area contributed by atoms with Crippen molar-refractivity contribution in [2.24, 2.45) is 0 Å². The lowest BCUT2D eigenvalue weighted by molar-refractivity contribution is 0.0939. The van der Waals surface area contributed by atoms with Gasteiger partial charge in [0, 0.05) is 6.54 Å². The van der Waals surface area contributed by atoms with E-state index in [9.17, 15) is 4.79 Å². The third-order valence-corrected chi connectivity index (χ3v) is 6.68. The highest BCUT2D eigenvalue weighted by Gasteiger charge is 2.20. The number of nitrogens with one attached hydrogen (secondary N) is 1. The molecule has 2 aromatic heterocycles. The Morgan fingerprint density at radius 3 is 2.75 bits per heavy atom. The number of likely N-dealkylation sites (N-methyl/N-ethyl adjacent to an activating group) is 1. The molecule has 0 saturated carbocycles. The van der Waals surface area contributed by atoms with Gasteiger partial charge in [-0.1, -0.05) is 32.0 Å². The summed E-state index contributed by atoms with van der Waals surface area (Å²) in [6.07, 6.45) is 1.66. The quantitative estimate of drug-likeness (QED) is 0.551. The van der Waals surface area contributed by atoms with E-state index < -0.39 is 0 Å². The molecule has 0 aliphatic carbocycles. The largest absolute Gasteiger partial charge is 0.497 e. The Morgan fingerprint density at radius 2 is 2.07 bits per heavy atom. The molecule has 0 fully saturated rings. The first-order valence-electron chi connectivity index (χ1n) is 9.32. The van der Waals surface area contributed by atoms with Crippen LogP contribution in [-0.2, 0) is 0 Å². The summed E-state index contributed by atoms with van der Waals surface area (Å²) in [4.78, 5) is 21.2. The number of hydrogen-bond donors (Lipinski definition) is 1.